The van der Waals surface area contributed by atoms with Crippen LogP contribution >= 0.6 is 0 Å². The van der Waals surface area contributed by atoms with Crippen LogP contribution in [0.4, 0.5) is 5.95 Å². The van der Waals surface area contributed by atoms with Crippen molar-refractivity contribution in [3.05, 3.63) is 78.1 Å². The van der Waals surface area contributed by atoms with E-state index in [-0.39, 0.29) is 12.5 Å². The molecule has 5 heteroatoms. The molecular weight excluding hydrogens is 290 g/mol. The third-order valence-corrected chi connectivity index (χ3v) is 4.14. The number of aromatic nitrogens is 2. The highest BCUT2D eigenvalue weighted by molar-refractivity contribution is 5.53. The lowest BCUT2D eigenvalue weighted by Crippen LogP contribution is -2.46. The van der Waals surface area contributed by atoms with E-state index in [9.17, 15) is 0 Å². The molecule has 5 rings (SSSR count). The summed E-state index contributed by atoms with van der Waals surface area (Å²) in [4.78, 5) is 10.7. The Kier molecular flexibility index (Phi) is 2.55. The van der Waals surface area contributed by atoms with Gasteiger partial charge in [0.15, 0.2) is 0 Å². The van der Waals surface area contributed by atoms with E-state index in [0.29, 0.717) is 5.95 Å². The Labute approximate surface area is 133 Å². The third-order valence-electron chi connectivity index (χ3n) is 4.14. The molecule has 2 aliphatic rings. The SMILES string of the molecule is c1cnc(N2[C@H]3Oc4ccccc4[C@@H]2Oc2ccccc23)nc1. The smallest absolute Gasteiger partial charge is 0.231 e. The standard InChI is InChI=1S/C18H13N3O2/c1-3-8-14-12(6-1)16-21(18-19-10-5-11-20-18)17(22-14)13-7-2-4-9-15(13)23-16/h1-11,16-17H/t16-,17-/m0/s1. The number of fused-ring (bicyclic) bond motifs is 6. The predicted octanol–water partition coefficient (Wildman–Crippen LogP) is 3.47. The number of para-hydroxylation sites is 2. The summed E-state index contributed by atoms with van der Waals surface area (Å²) in [6, 6.07) is 17.7. The second-order valence-corrected chi connectivity index (χ2v) is 5.47. The molecule has 0 saturated carbocycles. The Balaban J connectivity index is 1.73. The number of nitrogens with zero attached hydrogens (tertiary/aromatic N) is 3. The molecule has 2 atom stereocenters. The van der Waals surface area contributed by atoms with E-state index in [1.54, 1.807) is 18.5 Å². The van der Waals surface area contributed by atoms with Gasteiger partial charge in [0, 0.05) is 12.4 Å². The maximum absolute atomic E-state index is 6.26. The Bertz CT molecular complexity index is 815. The van der Waals surface area contributed by atoms with Gasteiger partial charge in [-0.05, 0) is 30.3 Å². The largest absolute Gasteiger partial charge is 0.465 e. The minimum atomic E-state index is -0.303. The molecule has 1 aromatic heterocycles. The van der Waals surface area contributed by atoms with Gasteiger partial charge in [0.05, 0.1) is 11.1 Å². The zero-order valence-electron chi connectivity index (χ0n) is 12.2. The molecule has 0 fully saturated rings. The van der Waals surface area contributed by atoms with Gasteiger partial charge in [-0.2, -0.15) is 0 Å². The van der Waals surface area contributed by atoms with E-state index >= 15 is 0 Å². The van der Waals surface area contributed by atoms with E-state index in [4.69, 9.17) is 9.47 Å². The summed E-state index contributed by atoms with van der Waals surface area (Å²) >= 11 is 0. The molecule has 0 saturated heterocycles. The Morgan fingerprint density at radius 2 is 1.22 bits per heavy atom. The summed E-state index contributed by atoms with van der Waals surface area (Å²) in [5, 5.41) is 0. The fourth-order valence-electron chi connectivity index (χ4n) is 3.12. The van der Waals surface area contributed by atoms with E-state index < -0.39 is 0 Å². The maximum Gasteiger partial charge on any atom is 0.231 e. The van der Waals surface area contributed by atoms with Gasteiger partial charge in [0.1, 0.15) is 11.5 Å². The quantitative estimate of drug-likeness (QED) is 0.689. The summed E-state index contributed by atoms with van der Waals surface area (Å²) in [6.07, 6.45) is 2.85. The van der Waals surface area contributed by atoms with Gasteiger partial charge in [-0.15, -0.1) is 0 Å². The van der Waals surface area contributed by atoms with E-state index in [0.717, 1.165) is 22.6 Å². The molecule has 2 bridgehead atoms. The molecule has 0 N–H and O–H groups in total. The van der Waals surface area contributed by atoms with Gasteiger partial charge in [0.25, 0.3) is 0 Å². The molecule has 3 aromatic rings. The van der Waals surface area contributed by atoms with Crippen LogP contribution in [0, 0.1) is 0 Å². The van der Waals surface area contributed by atoms with Crippen LogP contribution in [0.5, 0.6) is 11.5 Å². The molecule has 0 amide bonds. The molecule has 0 spiro atoms. The molecule has 3 heterocycles. The summed E-state index contributed by atoms with van der Waals surface area (Å²) < 4.78 is 12.5. The number of rotatable bonds is 1. The zero-order chi connectivity index (χ0) is 15.2. The van der Waals surface area contributed by atoms with Crippen LogP contribution in [0.3, 0.4) is 0 Å². The predicted molar refractivity (Wildman–Crippen MR) is 84.1 cm³/mol. The molecule has 0 radical (unpaired) electrons. The second kappa shape index (κ2) is 4.71. The first kappa shape index (κ1) is 12.5. The van der Waals surface area contributed by atoms with Crippen LogP contribution in [0.1, 0.15) is 23.6 Å². The molecule has 112 valence electrons. The number of benzene rings is 2. The summed E-state index contributed by atoms with van der Waals surface area (Å²) in [7, 11) is 0. The van der Waals surface area contributed by atoms with Crippen LogP contribution < -0.4 is 14.4 Å². The lowest BCUT2D eigenvalue weighted by molar-refractivity contribution is 0.0549. The molecular formula is C18H13N3O2. The Morgan fingerprint density at radius 1 is 0.696 bits per heavy atom. The third kappa shape index (κ3) is 1.80. The molecule has 2 aromatic carbocycles. The molecule has 0 unspecified atom stereocenters. The molecule has 23 heavy (non-hydrogen) atoms. The minimum Gasteiger partial charge on any atom is -0.465 e. The highest BCUT2D eigenvalue weighted by Gasteiger charge is 2.44. The van der Waals surface area contributed by atoms with E-state index in [2.05, 4.69) is 9.97 Å². The van der Waals surface area contributed by atoms with Crippen LogP contribution in [-0.2, 0) is 0 Å². The van der Waals surface area contributed by atoms with Crippen LogP contribution in [0.25, 0.3) is 0 Å². The van der Waals surface area contributed by atoms with Crippen molar-refractivity contribution in [3.8, 4) is 11.5 Å². The second-order valence-electron chi connectivity index (χ2n) is 5.47. The van der Waals surface area contributed by atoms with Crippen molar-refractivity contribution in [1.29, 1.82) is 0 Å². The van der Waals surface area contributed by atoms with Gasteiger partial charge < -0.3 is 9.47 Å². The molecule has 2 aliphatic heterocycles. The van der Waals surface area contributed by atoms with Crippen molar-refractivity contribution in [2.24, 2.45) is 0 Å². The van der Waals surface area contributed by atoms with Crippen LogP contribution in [0.15, 0.2) is 67.0 Å². The van der Waals surface area contributed by atoms with Crippen LogP contribution in [-0.4, -0.2) is 9.97 Å². The first-order valence-corrected chi connectivity index (χ1v) is 7.48. The number of hydrogen-bond acceptors (Lipinski definition) is 5. The Hall–Kier alpha value is -3.08. The van der Waals surface area contributed by atoms with E-state index in [1.807, 2.05) is 53.4 Å². The monoisotopic (exact) mass is 303 g/mol. The average Bonchev–Trinajstić information content (AvgIpc) is 2.62. The van der Waals surface area contributed by atoms with E-state index in [1.165, 1.54) is 0 Å². The fraction of sp³-hybridized carbons (Fsp3) is 0.111. The first-order valence-electron chi connectivity index (χ1n) is 7.48. The summed E-state index contributed by atoms with van der Waals surface area (Å²) in [5.41, 5.74) is 1.96. The number of hydrogen-bond donors (Lipinski definition) is 0. The minimum absolute atomic E-state index is 0.303. The van der Waals surface area contributed by atoms with Crippen LogP contribution in [0.2, 0.25) is 0 Å². The molecule has 0 aliphatic carbocycles. The van der Waals surface area contributed by atoms with Crippen molar-refractivity contribution in [2.75, 3.05) is 4.90 Å². The number of anilines is 1. The first-order chi connectivity index (χ1) is 11.4. The van der Waals surface area contributed by atoms with Gasteiger partial charge in [-0.3, -0.25) is 4.90 Å². The summed E-state index contributed by atoms with van der Waals surface area (Å²) in [5.74, 6) is 2.26. The lowest BCUT2D eigenvalue weighted by atomic mass is 10.0. The van der Waals surface area contributed by atoms with Gasteiger partial charge >= 0.3 is 0 Å². The van der Waals surface area contributed by atoms with Crippen molar-refractivity contribution in [2.45, 2.75) is 12.5 Å². The van der Waals surface area contributed by atoms with Gasteiger partial charge in [-0.1, -0.05) is 24.3 Å². The zero-order valence-corrected chi connectivity index (χ0v) is 12.2. The average molecular weight is 303 g/mol. The van der Waals surface area contributed by atoms with Gasteiger partial charge in [0.2, 0.25) is 18.4 Å². The van der Waals surface area contributed by atoms with Crippen molar-refractivity contribution < 1.29 is 9.47 Å². The molecule has 5 nitrogen and oxygen atoms in total. The lowest BCUT2D eigenvalue weighted by Gasteiger charge is -2.46. The topological polar surface area (TPSA) is 47.5 Å². The van der Waals surface area contributed by atoms with Gasteiger partial charge in [-0.25, -0.2) is 9.97 Å². The summed E-state index contributed by atoms with van der Waals surface area (Å²) in [6.45, 7) is 0. The fourth-order valence-corrected chi connectivity index (χ4v) is 3.12. The highest BCUT2D eigenvalue weighted by atomic mass is 16.6. The maximum atomic E-state index is 6.26. The van der Waals surface area contributed by atoms with Crippen molar-refractivity contribution >= 4 is 5.95 Å². The number of ether oxygens (including phenoxy) is 2. The van der Waals surface area contributed by atoms with Crippen molar-refractivity contribution in [3.63, 3.8) is 0 Å². The normalized spacial score (nSPS) is 20.8. The Morgan fingerprint density at radius 3 is 1.78 bits per heavy atom. The van der Waals surface area contributed by atoms with Crippen molar-refractivity contribution in [1.82, 2.24) is 9.97 Å². The highest BCUT2D eigenvalue weighted by Crippen LogP contribution is 2.50.